The van der Waals surface area contributed by atoms with Gasteiger partial charge < -0.3 is 5.32 Å². The number of rotatable bonds is 4. The van der Waals surface area contributed by atoms with E-state index >= 15 is 0 Å². The first-order valence-electron chi connectivity index (χ1n) is 6.29. The average Bonchev–Trinajstić information content (AvgIpc) is 2.87. The molecule has 0 aliphatic heterocycles. The number of thiazole rings is 1. The molecule has 0 spiro atoms. The van der Waals surface area contributed by atoms with Crippen LogP contribution in [-0.2, 0) is 6.18 Å². The van der Waals surface area contributed by atoms with Crippen molar-refractivity contribution in [1.29, 1.82) is 0 Å². The molecule has 0 aliphatic carbocycles. The van der Waals surface area contributed by atoms with Crippen LogP contribution in [0.15, 0.2) is 29.6 Å². The van der Waals surface area contributed by atoms with E-state index in [1.165, 1.54) is 23.5 Å². The molecule has 1 aromatic carbocycles. The Morgan fingerprint density at radius 2 is 2.00 bits per heavy atom. The summed E-state index contributed by atoms with van der Waals surface area (Å²) in [5.41, 5.74) is 0.265. The summed E-state index contributed by atoms with van der Waals surface area (Å²) in [5.74, 6) is 0. The van der Waals surface area contributed by atoms with Crippen LogP contribution in [-0.4, -0.2) is 11.5 Å². The molecule has 0 radical (unpaired) electrons. The van der Waals surface area contributed by atoms with E-state index in [2.05, 4.69) is 10.3 Å². The van der Waals surface area contributed by atoms with E-state index in [4.69, 9.17) is 0 Å². The molecule has 0 saturated carbocycles. The lowest BCUT2D eigenvalue weighted by Gasteiger charge is -2.11. The van der Waals surface area contributed by atoms with E-state index in [0.29, 0.717) is 5.01 Å². The minimum atomic E-state index is -4.37. The molecule has 1 aromatic heterocycles. The molecule has 108 valence electrons. The smallest absolute Gasteiger partial charge is 0.309 e. The van der Waals surface area contributed by atoms with Crippen molar-refractivity contribution < 1.29 is 13.2 Å². The van der Waals surface area contributed by atoms with Gasteiger partial charge in [0.25, 0.3) is 0 Å². The van der Waals surface area contributed by atoms with Crippen LogP contribution < -0.4 is 5.32 Å². The number of alkyl halides is 3. The van der Waals surface area contributed by atoms with Crippen molar-refractivity contribution in [2.45, 2.75) is 26.1 Å². The SMILES string of the molecule is CCNC(C)c1csc(-c2ccccc2C(F)(F)F)n1. The highest BCUT2D eigenvalue weighted by atomic mass is 32.1. The van der Waals surface area contributed by atoms with E-state index in [1.54, 1.807) is 11.4 Å². The standard InChI is InChI=1S/C14H15F3N2S/c1-3-18-9(2)12-8-20-13(19-12)10-6-4-5-7-11(10)14(15,16)17/h4-9,18H,3H2,1-2H3. The van der Waals surface area contributed by atoms with E-state index in [1.807, 2.05) is 13.8 Å². The lowest BCUT2D eigenvalue weighted by molar-refractivity contribution is -0.137. The molecule has 0 aliphatic rings. The summed E-state index contributed by atoms with van der Waals surface area (Å²) in [5, 5.41) is 5.40. The van der Waals surface area contributed by atoms with Crippen LogP contribution in [0.5, 0.6) is 0 Å². The highest BCUT2D eigenvalue weighted by Gasteiger charge is 2.34. The minimum absolute atomic E-state index is 0.0306. The summed E-state index contributed by atoms with van der Waals surface area (Å²) in [6.07, 6.45) is -4.37. The van der Waals surface area contributed by atoms with Gasteiger partial charge in [0.2, 0.25) is 0 Å². The summed E-state index contributed by atoms with van der Waals surface area (Å²) in [6.45, 7) is 4.70. The third kappa shape index (κ3) is 3.19. The van der Waals surface area contributed by atoms with Crippen molar-refractivity contribution in [3.63, 3.8) is 0 Å². The van der Waals surface area contributed by atoms with Gasteiger partial charge in [-0.3, -0.25) is 0 Å². The van der Waals surface area contributed by atoms with Crippen LogP contribution in [0.1, 0.15) is 31.1 Å². The van der Waals surface area contributed by atoms with E-state index in [-0.39, 0.29) is 11.6 Å². The second-order valence-corrected chi connectivity index (χ2v) is 5.26. The zero-order chi connectivity index (χ0) is 14.8. The Balaban J connectivity index is 2.38. The topological polar surface area (TPSA) is 24.9 Å². The number of hydrogen-bond donors (Lipinski definition) is 1. The molecule has 0 fully saturated rings. The highest BCUT2D eigenvalue weighted by Crippen LogP contribution is 2.38. The maximum absolute atomic E-state index is 13.0. The van der Waals surface area contributed by atoms with Crippen molar-refractivity contribution in [1.82, 2.24) is 10.3 Å². The Kier molecular flexibility index (Phi) is 4.45. The number of nitrogens with one attached hydrogen (secondary N) is 1. The molecule has 2 rings (SSSR count). The largest absolute Gasteiger partial charge is 0.417 e. The molecule has 6 heteroatoms. The van der Waals surface area contributed by atoms with Gasteiger partial charge in [0, 0.05) is 17.0 Å². The van der Waals surface area contributed by atoms with E-state index in [0.717, 1.165) is 18.3 Å². The zero-order valence-electron chi connectivity index (χ0n) is 11.2. The van der Waals surface area contributed by atoms with Gasteiger partial charge in [-0.2, -0.15) is 13.2 Å². The van der Waals surface area contributed by atoms with E-state index in [9.17, 15) is 13.2 Å². The van der Waals surface area contributed by atoms with Crippen LogP contribution in [0, 0.1) is 0 Å². The van der Waals surface area contributed by atoms with Crippen LogP contribution in [0.25, 0.3) is 10.6 Å². The van der Waals surface area contributed by atoms with Crippen LogP contribution in [0.3, 0.4) is 0 Å². The molecule has 1 heterocycles. The molecular weight excluding hydrogens is 285 g/mol. The van der Waals surface area contributed by atoms with Gasteiger partial charge in [-0.25, -0.2) is 4.98 Å². The lowest BCUT2D eigenvalue weighted by atomic mass is 10.1. The fourth-order valence-electron chi connectivity index (χ4n) is 1.94. The van der Waals surface area contributed by atoms with Gasteiger partial charge in [0.1, 0.15) is 5.01 Å². The highest BCUT2D eigenvalue weighted by molar-refractivity contribution is 7.13. The molecule has 1 N–H and O–H groups in total. The van der Waals surface area contributed by atoms with Crippen molar-refractivity contribution in [2.75, 3.05) is 6.54 Å². The molecular formula is C14H15F3N2S. The normalized spacial score (nSPS) is 13.4. The first-order chi connectivity index (χ1) is 9.43. The van der Waals surface area contributed by atoms with Crippen molar-refractivity contribution in [3.8, 4) is 10.6 Å². The maximum Gasteiger partial charge on any atom is 0.417 e. The second-order valence-electron chi connectivity index (χ2n) is 4.40. The fourth-order valence-corrected chi connectivity index (χ4v) is 2.89. The van der Waals surface area contributed by atoms with Crippen LogP contribution in [0.4, 0.5) is 13.2 Å². The lowest BCUT2D eigenvalue weighted by Crippen LogP contribution is -2.17. The first-order valence-corrected chi connectivity index (χ1v) is 7.17. The molecule has 1 atom stereocenters. The molecule has 1 unspecified atom stereocenters. The molecule has 20 heavy (non-hydrogen) atoms. The molecule has 0 saturated heterocycles. The monoisotopic (exact) mass is 300 g/mol. The number of halogens is 3. The van der Waals surface area contributed by atoms with Gasteiger partial charge >= 0.3 is 6.18 Å². The Bertz CT molecular complexity index is 578. The Morgan fingerprint density at radius 1 is 1.30 bits per heavy atom. The minimum Gasteiger partial charge on any atom is -0.309 e. The van der Waals surface area contributed by atoms with E-state index < -0.39 is 11.7 Å². The van der Waals surface area contributed by atoms with Gasteiger partial charge in [-0.05, 0) is 19.5 Å². The number of nitrogens with zero attached hydrogens (tertiary/aromatic N) is 1. The fraction of sp³-hybridized carbons (Fsp3) is 0.357. The predicted molar refractivity (Wildman–Crippen MR) is 74.6 cm³/mol. The molecule has 2 nitrogen and oxygen atoms in total. The summed E-state index contributed by atoms with van der Waals surface area (Å²) in [4.78, 5) is 4.33. The first kappa shape index (κ1) is 15.0. The summed E-state index contributed by atoms with van der Waals surface area (Å²) >= 11 is 1.24. The maximum atomic E-state index is 13.0. The number of aromatic nitrogens is 1. The number of benzene rings is 1. The zero-order valence-corrected chi connectivity index (χ0v) is 12.0. The van der Waals surface area contributed by atoms with Gasteiger partial charge in [0.05, 0.1) is 11.3 Å². The van der Waals surface area contributed by atoms with Gasteiger partial charge in [-0.1, -0.05) is 25.1 Å². The van der Waals surface area contributed by atoms with Gasteiger partial charge in [0.15, 0.2) is 0 Å². The second kappa shape index (κ2) is 5.93. The Hall–Kier alpha value is -1.40. The third-order valence-corrected chi connectivity index (χ3v) is 3.83. The summed E-state index contributed by atoms with van der Waals surface area (Å²) in [6, 6.07) is 5.57. The predicted octanol–water partition coefficient (Wildman–Crippen LogP) is 4.50. The summed E-state index contributed by atoms with van der Waals surface area (Å²) in [7, 11) is 0. The van der Waals surface area contributed by atoms with Crippen molar-refractivity contribution in [2.24, 2.45) is 0 Å². The Morgan fingerprint density at radius 3 is 2.65 bits per heavy atom. The Labute approximate surface area is 119 Å². The molecule has 0 amide bonds. The van der Waals surface area contributed by atoms with Crippen molar-refractivity contribution >= 4 is 11.3 Å². The number of hydrogen-bond acceptors (Lipinski definition) is 3. The molecule has 2 aromatic rings. The van der Waals surface area contributed by atoms with Gasteiger partial charge in [-0.15, -0.1) is 11.3 Å². The van der Waals surface area contributed by atoms with Crippen LogP contribution >= 0.6 is 11.3 Å². The third-order valence-electron chi connectivity index (χ3n) is 2.94. The quantitative estimate of drug-likeness (QED) is 0.899. The van der Waals surface area contributed by atoms with Crippen LogP contribution in [0.2, 0.25) is 0 Å². The molecule has 0 bridgehead atoms. The van der Waals surface area contributed by atoms with Crippen molar-refractivity contribution in [3.05, 3.63) is 40.9 Å². The average molecular weight is 300 g/mol. The summed E-state index contributed by atoms with van der Waals surface area (Å²) < 4.78 is 39.0.